The molecule has 1 nitrogen and oxygen atoms in total. The average molecular weight is 214 g/mol. The smallest absolute Gasteiger partial charge is 0.178 e. The van der Waals surface area contributed by atoms with Gasteiger partial charge in [0.1, 0.15) is 0 Å². The van der Waals surface area contributed by atoms with Gasteiger partial charge in [-0.05, 0) is 23.7 Å². The SMILES string of the molecule is CCSC1(SCC)C=CC(=O)C=C1. The minimum Gasteiger partial charge on any atom is -0.290 e. The standard InChI is InChI=1S/C10H14OS2/c1-3-12-10(13-4-2)7-5-9(11)6-8-10/h5-8H,3-4H2,1-2H3. The Bertz CT molecular complexity index is 219. The van der Waals surface area contributed by atoms with Crippen LogP contribution in [0.15, 0.2) is 24.3 Å². The largest absolute Gasteiger partial charge is 0.290 e. The van der Waals surface area contributed by atoms with Crippen LogP contribution in [0.2, 0.25) is 0 Å². The molecule has 0 aromatic rings. The van der Waals surface area contributed by atoms with Crippen molar-refractivity contribution in [1.82, 2.24) is 0 Å². The van der Waals surface area contributed by atoms with Crippen LogP contribution in [0.25, 0.3) is 0 Å². The minimum absolute atomic E-state index is 0.0113. The van der Waals surface area contributed by atoms with Gasteiger partial charge >= 0.3 is 0 Å². The predicted molar refractivity (Wildman–Crippen MR) is 62.3 cm³/mol. The van der Waals surface area contributed by atoms with E-state index in [1.165, 1.54) is 0 Å². The van der Waals surface area contributed by atoms with Crippen molar-refractivity contribution in [1.29, 1.82) is 0 Å². The molecule has 1 rings (SSSR count). The number of rotatable bonds is 4. The normalized spacial score (nSPS) is 19.4. The van der Waals surface area contributed by atoms with Gasteiger partial charge in [0.15, 0.2) is 5.78 Å². The van der Waals surface area contributed by atoms with Crippen molar-refractivity contribution < 1.29 is 4.79 Å². The minimum atomic E-state index is 0.0113. The molecule has 0 saturated carbocycles. The fraction of sp³-hybridized carbons (Fsp3) is 0.500. The Balaban J connectivity index is 2.74. The van der Waals surface area contributed by atoms with Gasteiger partial charge in [-0.15, -0.1) is 23.5 Å². The molecule has 0 unspecified atom stereocenters. The van der Waals surface area contributed by atoms with Crippen molar-refractivity contribution in [2.24, 2.45) is 0 Å². The Morgan fingerprint density at radius 2 is 1.62 bits per heavy atom. The van der Waals surface area contributed by atoms with E-state index in [-0.39, 0.29) is 9.86 Å². The van der Waals surface area contributed by atoms with E-state index in [4.69, 9.17) is 0 Å². The van der Waals surface area contributed by atoms with Gasteiger partial charge < -0.3 is 0 Å². The van der Waals surface area contributed by atoms with E-state index in [0.29, 0.717) is 0 Å². The van der Waals surface area contributed by atoms with Gasteiger partial charge in [-0.3, -0.25) is 4.79 Å². The maximum absolute atomic E-state index is 11.0. The molecule has 0 N–H and O–H groups in total. The highest BCUT2D eigenvalue weighted by Crippen LogP contribution is 2.41. The third kappa shape index (κ3) is 2.92. The fourth-order valence-corrected chi connectivity index (χ4v) is 3.79. The summed E-state index contributed by atoms with van der Waals surface area (Å²) >= 11 is 3.73. The van der Waals surface area contributed by atoms with Gasteiger partial charge in [0.25, 0.3) is 0 Å². The Hall–Kier alpha value is -0.150. The zero-order valence-electron chi connectivity index (χ0n) is 7.95. The Morgan fingerprint density at radius 3 is 2.00 bits per heavy atom. The molecule has 0 aliphatic heterocycles. The predicted octanol–water partition coefficient (Wildman–Crippen LogP) is 2.88. The highest BCUT2D eigenvalue weighted by Gasteiger charge is 2.26. The third-order valence-electron chi connectivity index (χ3n) is 1.70. The number of hydrogen-bond donors (Lipinski definition) is 0. The summed E-state index contributed by atoms with van der Waals surface area (Å²) in [5.41, 5.74) is 0. The monoisotopic (exact) mass is 214 g/mol. The van der Waals surface area contributed by atoms with Crippen molar-refractivity contribution in [3.8, 4) is 0 Å². The van der Waals surface area contributed by atoms with Crippen LogP contribution in [0, 0.1) is 0 Å². The number of carbonyl (C=O) groups excluding carboxylic acids is 1. The molecular weight excluding hydrogens is 200 g/mol. The molecule has 0 atom stereocenters. The summed E-state index contributed by atoms with van der Waals surface area (Å²) < 4.78 is 0.0113. The number of hydrogen-bond acceptors (Lipinski definition) is 3. The molecule has 3 heteroatoms. The van der Waals surface area contributed by atoms with Crippen molar-refractivity contribution in [2.45, 2.75) is 17.9 Å². The van der Waals surface area contributed by atoms with Crippen molar-refractivity contribution in [2.75, 3.05) is 11.5 Å². The maximum atomic E-state index is 11.0. The van der Waals surface area contributed by atoms with E-state index in [1.807, 2.05) is 35.7 Å². The number of allylic oxidation sites excluding steroid dienone is 2. The first kappa shape index (κ1) is 10.9. The molecule has 0 aromatic carbocycles. The van der Waals surface area contributed by atoms with Crippen LogP contribution in [0.4, 0.5) is 0 Å². The highest BCUT2D eigenvalue weighted by molar-refractivity contribution is 8.18. The summed E-state index contributed by atoms with van der Waals surface area (Å²) in [6.45, 7) is 4.28. The topological polar surface area (TPSA) is 17.1 Å². The summed E-state index contributed by atoms with van der Waals surface area (Å²) in [4.78, 5) is 11.0. The lowest BCUT2D eigenvalue weighted by Crippen LogP contribution is -2.18. The van der Waals surface area contributed by atoms with E-state index in [1.54, 1.807) is 12.2 Å². The molecule has 1 aliphatic carbocycles. The van der Waals surface area contributed by atoms with Crippen molar-refractivity contribution in [3.05, 3.63) is 24.3 Å². The molecular formula is C10H14OS2. The summed E-state index contributed by atoms with van der Waals surface area (Å²) in [6, 6.07) is 0. The number of thioether (sulfide) groups is 2. The van der Waals surface area contributed by atoms with Gasteiger partial charge in [0.2, 0.25) is 0 Å². The average Bonchev–Trinajstić information content (AvgIpc) is 2.11. The van der Waals surface area contributed by atoms with Gasteiger partial charge in [-0.1, -0.05) is 26.0 Å². The third-order valence-corrected chi connectivity index (χ3v) is 4.43. The van der Waals surface area contributed by atoms with Crippen LogP contribution in [-0.2, 0) is 4.79 Å². The second-order valence-electron chi connectivity index (χ2n) is 2.66. The van der Waals surface area contributed by atoms with E-state index >= 15 is 0 Å². The molecule has 0 amide bonds. The van der Waals surface area contributed by atoms with E-state index in [2.05, 4.69) is 13.8 Å². The lowest BCUT2D eigenvalue weighted by atomic mass is 10.2. The maximum Gasteiger partial charge on any atom is 0.178 e. The number of ketones is 1. The highest BCUT2D eigenvalue weighted by atomic mass is 32.2. The lowest BCUT2D eigenvalue weighted by Gasteiger charge is -2.26. The second kappa shape index (κ2) is 4.91. The van der Waals surface area contributed by atoms with Crippen molar-refractivity contribution >= 4 is 29.3 Å². The number of carbonyl (C=O) groups is 1. The van der Waals surface area contributed by atoms with Crippen LogP contribution in [-0.4, -0.2) is 21.4 Å². The van der Waals surface area contributed by atoms with Crippen LogP contribution in [0.3, 0.4) is 0 Å². The first-order valence-electron chi connectivity index (χ1n) is 4.43. The van der Waals surface area contributed by atoms with E-state index < -0.39 is 0 Å². The first-order valence-corrected chi connectivity index (χ1v) is 6.40. The van der Waals surface area contributed by atoms with Crippen LogP contribution in [0.1, 0.15) is 13.8 Å². The first-order chi connectivity index (χ1) is 6.22. The second-order valence-corrected chi connectivity index (χ2v) is 6.00. The van der Waals surface area contributed by atoms with Crippen LogP contribution in [0.5, 0.6) is 0 Å². The molecule has 0 spiro atoms. The Labute approximate surface area is 88.0 Å². The van der Waals surface area contributed by atoms with Crippen molar-refractivity contribution in [3.63, 3.8) is 0 Å². The van der Waals surface area contributed by atoms with Crippen LogP contribution >= 0.6 is 23.5 Å². The molecule has 0 bridgehead atoms. The molecule has 13 heavy (non-hydrogen) atoms. The van der Waals surface area contributed by atoms with Gasteiger partial charge in [-0.2, -0.15) is 0 Å². The van der Waals surface area contributed by atoms with E-state index in [0.717, 1.165) is 11.5 Å². The zero-order chi connectivity index (χ0) is 9.73. The summed E-state index contributed by atoms with van der Waals surface area (Å²) in [5.74, 6) is 2.23. The van der Waals surface area contributed by atoms with Gasteiger partial charge in [0, 0.05) is 0 Å². The Kier molecular flexibility index (Phi) is 4.13. The summed E-state index contributed by atoms with van der Waals surface area (Å²) in [7, 11) is 0. The van der Waals surface area contributed by atoms with Gasteiger partial charge in [-0.25, -0.2) is 0 Å². The molecule has 1 aliphatic rings. The van der Waals surface area contributed by atoms with Gasteiger partial charge in [0.05, 0.1) is 4.08 Å². The molecule has 0 saturated heterocycles. The molecule has 0 fully saturated rings. The fourth-order valence-electron chi connectivity index (χ4n) is 1.19. The molecule has 0 heterocycles. The molecule has 0 radical (unpaired) electrons. The quantitative estimate of drug-likeness (QED) is 0.670. The zero-order valence-corrected chi connectivity index (χ0v) is 9.58. The molecule has 72 valence electrons. The summed E-state index contributed by atoms with van der Waals surface area (Å²) in [5, 5.41) is 0. The molecule has 0 aromatic heterocycles. The summed E-state index contributed by atoms with van der Waals surface area (Å²) in [6.07, 6.45) is 7.37. The van der Waals surface area contributed by atoms with Crippen LogP contribution < -0.4 is 0 Å². The Morgan fingerprint density at radius 1 is 1.15 bits per heavy atom. The van der Waals surface area contributed by atoms with E-state index in [9.17, 15) is 4.79 Å². The lowest BCUT2D eigenvalue weighted by molar-refractivity contribution is -0.110.